The van der Waals surface area contributed by atoms with Gasteiger partial charge in [0.2, 0.25) is 0 Å². The number of carbonyl (C=O) groups excluding carboxylic acids is 3. The first kappa shape index (κ1) is 23.3. The summed E-state index contributed by atoms with van der Waals surface area (Å²) in [6, 6.07) is 17.2. The maximum absolute atomic E-state index is 12.3. The molecule has 0 bridgehead atoms. The van der Waals surface area contributed by atoms with Crippen molar-refractivity contribution in [3.63, 3.8) is 0 Å². The third kappa shape index (κ3) is 6.55. The van der Waals surface area contributed by atoms with Crippen LogP contribution in [0.2, 0.25) is 0 Å². The highest BCUT2D eigenvalue weighted by Gasteiger charge is 2.31. The van der Waals surface area contributed by atoms with Crippen LogP contribution in [0.4, 0.5) is 0 Å². The second-order valence-corrected chi connectivity index (χ2v) is 8.07. The maximum Gasteiger partial charge on any atom is 0.379 e. The molecule has 160 valence electrons. The Morgan fingerprint density at radius 3 is 1.57 bits per heavy atom. The average Bonchev–Trinajstić information content (AvgIpc) is 2.75. The highest BCUT2D eigenvalue weighted by atomic mass is 16.5. The number of ether oxygens (including phenoxy) is 2. The van der Waals surface area contributed by atoms with E-state index in [1.807, 2.05) is 33.8 Å². The third-order valence-corrected chi connectivity index (χ3v) is 5.31. The van der Waals surface area contributed by atoms with Crippen LogP contribution in [0.5, 0.6) is 0 Å². The number of carbonyl (C=O) groups is 3. The van der Waals surface area contributed by atoms with Crippen LogP contribution in [0.3, 0.4) is 0 Å². The van der Waals surface area contributed by atoms with E-state index < -0.39 is 11.8 Å². The van der Waals surface area contributed by atoms with Gasteiger partial charge in [-0.3, -0.25) is 4.79 Å². The summed E-state index contributed by atoms with van der Waals surface area (Å²) in [5.74, 6) is -1.60. The van der Waals surface area contributed by atoms with Gasteiger partial charge in [0.1, 0.15) is 0 Å². The number of Topliss-reactive ketones (excluding diaryl/α,β-unsaturated/α-hetero) is 1. The topological polar surface area (TPSA) is 69.7 Å². The SMILES string of the molecule is CC(C)C(COC(=O)C(=O)c1ccccc1)C(COC(=O)c1ccccc1)C(C)C. The third-order valence-electron chi connectivity index (χ3n) is 5.31. The molecule has 0 radical (unpaired) electrons. The normalized spacial score (nSPS) is 13.0. The van der Waals surface area contributed by atoms with Crippen LogP contribution in [0.1, 0.15) is 48.4 Å². The van der Waals surface area contributed by atoms with E-state index in [1.54, 1.807) is 54.6 Å². The molecule has 0 saturated heterocycles. The summed E-state index contributed by atoms with van der Waals surface area (Å²) in [6.07, 6.45) is 0. The summed E-state index contributed by atoms with van der Waals surface area (Å²) in [4.78, 5) is 36.8. The van der Waals surface area contributed by atoms with Crippen molar-refractivity contribution in [2.24, 2.45) is 23.7 Å². The van der Waals surface area contributed by atoms with Gasteiger partial charge in [0.05, 0.1) is 18.8 Å². The Morgan fingerprint density at radius 2 is 1.10 bits per heavy atom. The Labute approximate surface area is 178 Å². The highest BCUT2D eigenvalue weighted by molar-refractivity contribution is 6.40. The minimum absolute atomic E-state index is 0.0164. The zero-order valence-corrected chi connectivity index (χ0v) is 18.0. The molecule has 0 aromatic heterocycles. The van der Waals surface area contributed by atoms with Gasteiger partial charge in [0, 0.05) is 17.4 Å². The van der Waals surface area contributed by atoms with Crippen molar-refractivity contribution >= 4 is 17.7 Å². The molecule has 2 rings (SSSR count). The smallest absolute Gasteiger partial charge is 0.379 e. The van der Waals surface area contributed by atoms with Crippen LogP contribution in [0.15, 0.2) is 60.7 Å². The van der Waals surface area contributed by atoms with E-state index >= 15 is 0 Å². The van der Waals surface area contributed by atoms with Crippen LogP contribution < -0.4 is 0 Å². The van der Waals surface area contributed by atoms with Gasteiger partial charge < -0.3 is 9.47 Å². The van der Waals surface area contributed by atoms with E-state index in [1.165, 1.54) is 0 Å². The molecule has 0 aliphatic heterocycles. The van der Waals surface area contributed by atoms with Crippen molar-refractivity contribution in [2.75, 3.05) is 13.2 Å². The second-order valence-electron chi connectivity index (χ2n) is 8.07. The van der Waals surface area contributed by atoms with Crippen LogP contribution in [0.25, 0.3) is 0 Å². The fourth-order valence-corrected chi connectivity index (χ4v) is 3.40. The molecule has 0 heterocycles. The van der Waals surface area contributed by atoms with Crippen molar-refractivity contribution in [3.05, 3.63) is 71.8 Å². The zero-order chi connectivity index (χ0) is 22.1. The quantitative estimate of drug-likeness (QED) is 0.319. The first-order valence-electron chi connectivity index (χ1n) is 10.3. The van der Waals surface area contributed by atoms with Crippen molar-refractivity contribution in [2.45, 2.75) is 27.7 Å². The molecular weight excluding hydrogens is 380 g/mol. The van der Waals surface area contributed by atoms with E-state index in [0.717, 1.165) is 0 Å². The van der Waals surface area contributed by atoms with Crippen molar-refractivity contribution in [1.82, 2.24) is 0 Å². The number of hydrogen-bond acceptors (Lipinski definition) is 5. The summed E-state index contributed by atoms with van der Waals surface area (Å²) in [6.45, 7) is 8.48. The summed E-state index contributed by atoms with van der Waals surface area (Å²) in [7, 11) is 0. The number of ketones is 1. The molecule has 0 fully saturated rings. The molecule has 0 spiro atoms. The molecule has 2 aromatic carbocycles. The number of esters is 2. The molecule has 0 saturated carbocycles. The van der Waals surface area contributed by atoms with Gasteiger partial charge in [-0.15, -0.1) is 0 Å². The van der Waals surface area contributed by atoms with Gasteiger partial charge >= 0.3 is 11.9 Å². The summed E-state index contributed by atoms with van der Waals surface area (Å²) in [5, 5.41) is 0. The van der Waals surface area contributed by atoms with Gasteiger partial charge in [0.15, 0.2) is 0 Å². The van der Waals surface area contributed by atoms with Gasteiger partial charge in [-0.25, -0.2) is 9.59 Å². The first-order valence-corrected chi connectivity index (χ1v) is 10.3. The minimum atomic E-state index is -0.865. The predicted molar refractivity (Wildman–Crippen MR) is 115 cm³/mol. The number of benzene rings is 2. The highest BCUT2D eigenvalue weighted by Crippen LogP contribution is 2.29. The Kier molecular flexibility index (Phi) is 8.78. The van der Waals surface area contributed by atoms with Gasteiger partial charge in [-0.1, -0.05) is 76.2 Å². The van der Waals surface area contributed by atoms with E-state index in [2.05, 4.69) is 0 Å². The van der Waals surface area contributed by atoms with Crippen molar-refractivity contribution in [3.8, 4) is 0 Å². The van der Waals surface area contributed by atoms with Gasteiger partial charge in [-0.05, 0) is 24.0 Å². The summed E-state index contributed by atoms with van der Waals surface area (Å²) < 4.78 is 10.9. The monoisotopic (exact) mass is 410 g/mol. The van der Waals surface area contributed by atoms with E-state index in [9.17, 15) is 14.4 Å². The fourth-order valence-electron chi connectivity index (χ4n) is 3.40. The molecule has 0 N–H and O–H groups in total. The van der Waals surface area contributed by atoms with Crippen molar-refractivity contribution < 1.29 is 23.9 Å². The molecule has 2 atom stereocenters. The summed E-state index contributed by atoms with van der Waals surface area (Å²) >= 11 is 0. The molecule has 2 aromatic rings. The van der Waals surface area contributed by atoms with E-state index in [4.69, 9.17) is 9.47 Å². The lowest BCUT2D eigenvalue weighted by Gasteiger charge is -2.32. The molecule has 0 amide bonds. The Hall–Kier alpha value is -2.95. The first-order chi connectivity index (χ1) is 14.3. The Balaban J connectivity index is 2.01. The molecule has 5 heteroatoms. The van der Waals surface area contributed by atoms with Gasteiger partial charge in [0.25, 0.3) is 5.78 Å². The van der Waals surface area contributed by atoms with Crippen molar-refractivity contribution in [1.29, 1.82) is 0 Å². The number of hydrogen-bond donors (Lipinski definition) is 0. The molecule has 5 nitrogen and oxygen atoms in total. The average molecular weight is 411 g/mol. The molecule has 0 aliphatic carbocycles. The summed E-state index contributed by atoms with van der Waals surface area (Å²) in [5.41, 5.74) is 0.807. The lowest BCUT2D eigenvalue weighted by Crippen LogP contribution is -2.34. The molecule has 30 heavy (non-hydrogen) atoms. The Bertz CT molecular complexity index is 827. The predicted octanol–water partition coefficient (Wildman–Crippen LogP) is 4.81. The molecule has 2 unspecified atom stereocenters. The Morgan fingerprint density at radius 1 is 0.667 bits per heavy atom. The van der Waals surface area contributed by atoms with E-state index in [-0.39, 0.29) is 42.9 Å². The molecular formula is C25H30O5. The second kappa shape index (κ2) is 11.3. The molecule has 0 aliphatic rings. The van der Waals surface area contributed by atoms with Crippen LogP contribution in [0, 0.1) is 23.7 Å². The van der Waals surface area contributed by atoms with Crippen LogP contribution in [-0.2, 0) is 14.3 Å². The number of rotatable bonds is 10. The maximum atomic E-state index is 12.3. The minimum Gasteiger partial charge on any atom is -0.462 e. The van der Waals surface area contributed by atoms with Crippen LogP contribution in [-0.4, -0.2) is 30.9 Å². The zero-order valence-electron chi connectivity index (χ0n) is 18.0. The standard InChI is InChI=1S/C25H30O5/c1-17(2)21(15-29-24(27)20-13-9-6-10-14-20)22(18(3)4)16-30-25(28)23(26)19-11-7-5-8-12-19/h5-14,17-18,21-22H,15-16H2,1-4H3. The lowest BCUT2D eigenvalue weighted by molar-refractivity contribution is -0.141. The fraction of sp³-hybridized carbons (Fsp3) is 0.400. The van der Waals surface area contributed by atoms with Crippen LogP contribution >= 0.6 is 0 Å². The lowest BCUT2D eigenvalue weighted by atomic mass is 9.78. The largest absolute Gasteiger partial charge is 0.462 e. The van der Waals surface area contributed by atoms with E-state index in [0.29, 0.717) is 11.1 Å². The van der Waals surface area contributed by atoms with Gasteiger partial charge in [-0.2, -0.15) is 0 Å².